The number of nitrogens with zero attached hydrogens (tertiary/aromatic N) is 1. The van der Waals surface area contributed by atoms with Gasteiger partial charge in [0.1, 0.15) is 5.75 Å². The molecule has 24 heavy (non-hydrogen) atoms. The summed E-state index contributed by atoms with van der Waals surface area (Å²) in [5.74, 6) is 1.04. The Hall–Kier alpha value is -1.85. The first kappa shape index (κ1) is 17.0. The summed E-state index contributed by atoms with van der Waals surface area (Å²) in [5, 5.41) is 5.47. The lowest BCUT2D eigenvalue weighted by atomic mass is 10.1. The minimum absolute atomic E-state index is 0.203. The first-order valence-corrected chi connectivity index (χ1v) is 9.29. The van der Waals surface area contributed by atoms with Crippen molar-refractivity contribution in [3.8, 4) is 5.75 Å². The summed E-state index contributed by atoms with van der Waals surface area (Å²) in [5.41, 5.74) is 1.05. The van der Waals surface area contributed by atoms with Crippen molar-refractivity contribution in [3.63, 3.8) is 0 Å². The molecule has 5 heteroatoms. The summed E-state index contributed by atoms with van der Waals surface area (Å²) in [7, 11) is 1.67. The lowest BCUT2D eigenvalue weighted by Gasteiger charge is -2.25. The highest BCUT2D eigenvalue weighted by Gasteiger charge is 2.23. The number of para-hydroxylation sites is 1. The van der Waals surface area contributed by atoms with E-state index in [1.165, 1.54) is 4.88 Å². The van der Waals surface area contributed by atoms with E-state index < -0.39 is 0 Å². The third kappa shape index (κ3) is 4.36. The van der Waals surface area contributed by atoms with Crippen molar-refractivity contribution < 1.29 is 9.53 Å². The van der Waals surface area contributed by atoms with Gasteiger partial charge in [0.05, 0.1) is 13.7 Å². The van der Waals surface area contributed by atoms with Gasteiger partial charge in [-0.25, -0.2) is 0 Å². The molecule has 3 rings (SSSR count). The molecule has 0 aliphatic carbocycles. The van der Waals surface area contributed by atoms with Gasteiger partial charge in [-0.1, -0.05) is 24.3 Å². The van der Waals surface area contributed by atoms with Gasteiger partial charge in [-0.05, 0) is 36.9 Å². The minimum Gasteiger partial charge on any atom is -0.496 e. The number of methoxy groups -OCH3 is 1. The van der Waals surface area contributed by atoms with Gasteiger partial charge in [-0.15, -0.1) is 11.3 Å². The van der Waals surface area contributed by atoms with E-state index in [4.69, 9.17) is 4.74 Å². The Morgan fingerprint density at radius 2 is 2.17 bits per heavy atom. The number of carbonyl (C=O) groups excluding carboxylic acids is 1. The average molecular weight is 344 g/mol. The van der Waals surface area contributed by atoms with Crippen molar-refractivity contribution in [2.24, 2.45) is 0 Å². The lowest BCUT2D eigenvalue weighted by Crippen LogP contribution is -2.35. The highest BCUT2D eigenvalue weighted by Crippen LogP contribution is 2.22. The molecule has 1 N–H and O–H groups in total. The number of hydrogen-bond acceptors (Lipinski definition) is 4. The van der Waals surface area contributed by atoms with Crippen LogP contribution in [0.2, 0.25) is 0 Å². The number of benzene rings is 1. The smallest absolute Gasteiger partial charge is 0.224 e. The fourth-order valence-corrected chi connectivity index (χ4v) is 3.85. The number of carbonyl (C=O) groups is 1. The monoisotopic (exact) mass is 344 g/mol. The van der Waals surface area contributed by atoms with Gasteiger partial charge in [-0.3, -0.25) is 4.79 Å². The van der Waals surface area contributed by atoms with Gasteiger partial charge < -0.3 is 15.0 Å². The van der Waals surface area contributed by atoms with Crippen LogP contribution in [-0.4, -0.2) is 30.5 Å². The molecule has 1 aliphatic heterocycles. The molecule has 1 aromatic carbocycles. The number of hydrogen-bond donors (Lipinski definition) is 1. The van der Waals surface area contributed by atoms with E-state index in [2.05, 4.69) is 16.8 Å². The number of ether oxygens (including phenoxy) is 1. The van der Waals surface area contributed by atoms with Gasteiger partial charge in [-0.2, -0.15) is 0 Å². The van der Waals surface area contributed by atoms with Crippen LogP contribution in [0.1, 0.15) is 29.7 Å². The van der Waals surface area contributed by atoms with Crippen molar-refractivity contribution in [3.05, 3.63) is 52.2 Å². The van der Waals surface area contributed by atoms with Crippen LogP contribution in [0.3, 0.4) is 0 Å². The third-order valence-electron chi connectivity index (χ3n) is 4.42. The second-order valence-corrected chi connectivity index (χ2v) is 7.17. The normalized spacial score (nSPS) is 17.0. The van der Waals surface area contributed by atoms with E-state index in [1.807, 2.05) is 35.2 Å². The van der Waals surface area contributed by atoms with Gasteiger partial charge in [0.2, 0.25) is 5.91 Å². The largest absolute Gasteiger partial charge is 0.496 e. The summed E-state index contributed by atoms with van der Waals surface area (Å²) in [4.78, 5) is 16.0. The van der Waals surface area contributed by atoms with E-state index in [0.29, 0.717) is 25.6 Å². The van der Waals surface area contributed by atoms with Crippen LogP contribution in [0.5, 0.6) is 5.75 Å². The predicted octanol–water partition coefficient (Wildman–Crippen LogP) is 3.43. The van der Waals surface area contributed by atoms with Crippen LogP contribution >= 0.6 is 11.3 Å². The van der Waals surface area contributed by atoms with Gasteiger partial charge in [0, 0.05) is 29.4 Å². The SMILES string of the molecule is COc1ccccc1CN(Cc1cccs1)C(=O)CC1CCCN1. The molecule has 1 unspecified atom stereocenters. The van der Waals surface area contributed by atoms with Crippen LogP contribution in [0.15, 0.2) is 41.8 Å². The van der Waals surface area contributed by atoms with E-state index in [9.17, 15) is 4.79 Å². The molecular weight excluding hydrogens is 320 g/mol. The van der Waals surface area contributed by atoms with Crippen molar-refractivity contribution in [1.29, 1.82) is 0 Å². The molecule has 0 bridgehead atoms. The molecular formula is C19H24N2O2S. The summed E-state index contributed by atoms with van der Waals surface area (Å²) in [6.45, 7) is 2.25. The second-order valence-electron chi connectivity index (χ2n) is 6.14. The summed E-state index contributed by atoms with van der Waals surface area (Å²) in [6.07, 6.45) is 2.82. The van der Waals surface area contributed by atoms with Crippen molar-refractivity contribution in [2.75, 3.05) is 13.7 Å². The van der Waals surface area contributed by atoms with E-state index in [1.54, 1.807) is 18.4 Å². The molecule has 1 aliphatic rings. The first-order valence-electron chi connectivity index (χ1n) is 8.41. The first-order chi connectivity index (χ1) is 11.8. The summed E-state index contributed by atoms with van der Waals surface area (Å²) < 4.78 is 5.45. The minimum atomic E-state index is 0.203. The quantitative estimate of drug-likeness (QED) is 0.837. The average Bonchev–Trinajstić information content (AvgIpc) is 3.28. The molecule has 0 saturated carbocycles. The van der Waals surface area contributed by atoms with E-state index in [-0.39, 0.29) is 5.91 Å². The zero-order valence-electron chi connectivity index (χ0n) is 14.0. The van der Waals surface area contributed by atoms with Crippen LogP contribution < -0.4 is 10.1 Å². The lowest BCUT2D eigenvalue weighted by molar-refractivity contribution is -0.132. The van der Waals surface area contributed by atoms with Crippen LogP contribution in [-0.2, 0) is 17.9 Å². The topological polar surface area (TPSA) is 41.6 Å². The zero-order chi connectivity index (χ0) is 16.8. The number of thiophene rings is 1. The van der Waals surface area contributed by atoms with Gasteiger partial charge >= 0.3 is 0 Å². The Balaban J connectivity index is 1.74. The maximum Gasteiger partial charge on any atom is 0.224 e. The van der Waals surface area contributed by atoms with Crippen LogP contribution in [0.4, 0.5) is 0 Å². The number of nitrogens with one attached hydrogen (secondary N) is 1. The molecule has 2 aromatic rings. The highest BCUT2D eigenvalue weighted by molar-refractivity contribution is 7.09. The fourth-order valence-electron chi connectivity index (χ4n) is 3.13. The summed E-state index contributed by atoms with van der Waals surface area (Å²) >= 11 is 1.69. The molecule has 0 spiro atoms. The van der Waals surface area contributed by atoms with Gasteiger partial charge in [0.15, 0.2) is 0 Å². The standard InChI is InChI=1S/C19H24N2O2S/c1-23-18-9-3-2-6-15(18)13-21(14-17-8-5-11-24-17)19(22)12-16-7-4-10-20-16/h2-3,5-6,8-9,11,16,20H,4,7,10,12-14H2,1H3. The Morgan fingerprint density at radius 1 is 1.29 bits per heavy atom. The summed E-state index contributed by atoms with van der Waals surface area (Å²) in [6, 6.07) is 12.4. The molecule has 4 nitrogen and oxygen atoms in total. The molecule has 2 heterocycles. The van der Waals surface area contributed by atoms with E-state index in [0.717, 1.165) is 30.7 Å². The number of rotatable bonds is 7. The van der Waals surface area contributed by atoms with Crippen molar-refractivity contribution in [1.82, 2.24) is 10.2 Å². The maximum absolute atomic E-state index is 12.9. The third-order valence-corrected chi connectivity index (χ3v) is 5.28. The molecule has 1 aromatic heterocycles. The highest BCUT2D eigenvalue weighted by atomic mass is 32.1. The molecule has 128 valence electrons. The zero-order valence-corrected chi connectivity index (χ0v) is 14.8. The van der Waals surface area contributed by atoms with Crippen LogP contribution in [0, 0.1) is 0 Å². The van der Waals surface area contributed by atoms with Crippen molar-refractivity contribution >= 4 is 17.2 Å². The fraction of sp³-hybridized carbons (Fsp3) is 0.421. The maximum atomic E-state index is 12.9. The van der Waals surface area contributed by atoms with Gasteiger partial charge in [0.25, 0.3) is 0 Å². The molecule has 0 radical (unpaired) electrons. The Kier molecular flexibility index (Phi) is 5.88. The Labute approximate surface area is 147 Å². The van der Waals surface area contributed by atoms with Crippen molar-refractivity contribution in [2.45, 2.75) is 38.4 Å². The van der Waals surface area contributed by atoms with E-state index >= 15 is 0 Å². The molecule has 1 fully saturated rings. The second kappa shape index (κ2) is 8.31. The Bertz CT molecular complexity index is 651. The predicted molar refractivity (Wildman–Crippen MR) is 97.2 cm³/mol. The molecule has 1 atom stereocenters. The Morgan fingerprint density at radius 3 is 2.88 bits per heavy atom. The van der Waals surface area contributed by atoms with Crippen LogP contribution in [0.25, 0.3) is 0 Å². The molecule has 1 saturated heterocycles. The molecule has 1 amide bonds. The number of amides is 1.